The van der Waals surface area contributed by atoms with E-state index < -0.39 is 98.5 Å². The SMILES string of the molecule is COc1cc(C=CC2C3=CCC4C(=O)N(c5cc(C(F)(F)F)cc(C(F)(F)F)c5)C(=O)C4C3CC3(Cl)C(=O)N(c4ccc(F)cc4)C(=O)C23Cl)cc(OC)c1O. The largest absolute Gasteiger partial charge is 0.502 e. The average Bonchev–Trinajstić information content (AvgIpc) is 3.48. The highest BCUT2D eigenvalue weighted by molar-refractivity contribution is 6.58. The van der Waals surface area contributed by atoms with Gasteiger partial charge in [0.05, 0.1) is 48.6 Å². The summed E-state index contributed by atoms with van der Waals surface area (Å²) in [7, 11) is 2.57. The molecule has 2 saturated heterocycles. The zero-order valence-electron chi connectivity index (χ0n) is 28.8. The minimum absolute atomic E-state index is 0.00874. The maximum atomic E-state index is 14.5. The third-order valence-corrected chi connectivity index (χ3v) is 12.2. The molecule has 3 aromatic rings. The molecule has 4 aliphatic rings. The van der Waals surface area contributed by atoms with Crippen molar-refractivity contribution in [3.8, 4) is 17.2 Å². The predicted molar refractivity (Wildman–Crippen MR) is 187 cm³/mol. The fraction of sp³-hybridized carbons (Fsp3) is 0.316. The van der Waals surface area contributed by atoms with Gasteiger partial charge in [-0.2, -0.15) is 26.3 Å². The molecule has 1 saturated carbocycles. The number of alkyl halides is 8. The molecule has 6 unspecified atom stereocenters. The summed E-state index contributed by atoms with van der Waals surface area (Å²) in [6.45, 7) is 0. The summed E-state index contributed by atoms with van der Waals surface area (Å²) in [6, 6.07) is 7.50. The molecular weight excluding hydrogens is 800 g/mol. The number of hydrogen-bond acceptors (Lipinski definition) is 7. The van der Waals surface area contributed by atoms with Gasteiger partial charge in [0, 0.05) is 5.92 Å². The number of nitrogens with zero attached hydrogens (tertiary/aromatic N) is 2. The third-order valence-electron chi connectivity index (χ3n) is 10.8. The number of fused-ring (bicyclic) bond motifs is 4. The number of benzene rings is 3. The molecule has 56 heavy (non-hydrogen) atoms. The second-order valence-corrected chi connectivity index (χ2v) is 14.9. The highest BCUT2D eigenvalue weighted by Gasteiger charge is 2.76. The molecule has 3 fully saturated rings. The van der Waals surface area contributed by atoms with Crippen LogP contribution in [0.1, 0.15) is 29.5 Å². The minimum Gasteiger partial charge on any atom is -0.502 e. The number of amides is 4. The van der Waals surface area contributed by atoms with Crippen molar-refractivity contribution in [3.63, 3.8) is 0 Å². The van der Waals surface area contributed by atoms with Crippen LogP contribution in [0.3, 0.4) is 0 Å². The van der Waals surface area contributed by atoms with Crippen molar-refractivity contribution in [1.29, 1.82) is 0 Å². The number of allylic oxidation sites excluding steroid dienone is 3. The molecule has 1 N–H and O–H groups in total. The van der Waals surface area contributed by atoms with Crippen molar-refractivity contribution < 1.29 is 64.5 Å². The second-order valence-electron chi connectivity index (χ2n) is 13.7. The Morgan fingerprint density at radius 2 is 1.36 bits per heavy atom. The Morgan fingerprint density at radius 1 is 0.786 bits per heavy atom. The van der Waals surface area contributed by atoms with Crippen molar-refractivity contribution in [2.45, 2.75) is 34.9 Å². The molecule has 294 valence electrons. The standard InChI is InChI=1S/C38H27Cl2F7N2O7/c1-55-27-11-17(12-28(56-2)30(27)50)3-10-26-23-8-9-24-29(32(52)48(31(24)51)22-14-18(37(42,43)44)13-19(15-22)38(45,46)47)25(23)16-35(39)33(53)49(34(54)36(26,35)40)21-6-4-20(41)5-7-21/h3-8,10-15,24-26,29,50H,9,16H2,1-2H3. The number of phenols is 1. The van der Waals surface area contributed by atoms with Gasteiger partial charge in [-0.25, -0.2) is 14.2 Å². The van der Waals surface area contributed by atoms with Crippen LogP contribution < -0.4 is 19.3 Å². The van der Waals surface area contributed by atoms with Crippen molar-refractivity contribution in [2.24, 2.45) is 23.7 Å². The van der Waals surface area contributed by atoms with Crippen LogP contribution in [0.4, 0.5) is 42.1 Å². The number of hydrogen-bond donors (Lipinski definition) is 1. The quantitative estimate of drug-likeness (QED) is 0.116. The van der Waals surface area contributed by atoms with Gasteiger partial charge in [0.2, 0.25) is 17.6 Å². The van der Waals surface area contributed by atoms with E-state index in [-0.39, 0.29) is 58.0 Å². The van der Waals surface area contributed by atoms with Crippen molar-refractivity contribution in [3.05, 3.63) is 94.8 Å². The number of methoxy groups -OCH3 is 2. The maximum Gasteiger partial charge on any atom is 0.416 e. The summed E-state index contributed by atoms with van der Waals surface area (Å²) in [4.78, 5) is 53.2. The van der Waals surface area contributed by atoms with Gasteiger partial charge in [0.15, 0.2) is 21.2 Å². The van der Waals surface area contributed by atoms with Gasteiger partial charge < -0.3 is 14.6 Å². The van der Waals surface area contributed by atoms with E-state index in [2.05, 4.69) is 0 Å². The fourth-order valence-electron chi connectivity index (χ4n) is 8.19. The Kier molecular flexibility index (Phi) is 9.27. The summed E-state index contributed by atoms with van der Waals surface area (Å²) in [5, 5.41) is 10.4. The number of phenolic OH excluding ortho intramolecular Hbond substituents is 1. The molecule has 3 aromatic carbocycles. The number of imide groups is 2. The molecule has 0 spiro atoms. The lowest BCUT2D eigenvalue weighted by Crippen LogP contribution is -2.60. The molecule has 0 aromatic heterocycles. The van der Waals surface area contributed by atoms with Gasteiger partial charge in [-0.3, -0.25) is 19.2 Å². The Labute approximate surface area is 322 Å². The number of anilines is 2. The third kappa shape index (κ3) is 5.82. The summed E-state index contributed by atoms with van der Waals surface area (Å²) < 4.78 is 107. The van der Waals surface area contributed by atoms with Gasteiger partial charge in [-0.15, -0.1) is 23.2 Å². The zero-order chi connectivity index (χ0) is 40.9. The molecule has 2 aliphatic carbocycles. The molecule has 2 heterocycles. The van der Waals surface area contributed by atoms with E-state index in [1.54, 1.807) is 0 Å². The summed E-state index contributed by atoms with van der Waals surface area (Å²) >= 11 is 14.5. The first-order chi connectivity index (χ1) is 26.2. The number of rotatable bonds is 6. The van der Waals surface area contributed by atoms with Crippen LogP contribution in [-0.2, 0) is 31.5 Å². The van der Waals surface area contributed by atoms with Crippen LogP contribution in [0.2, 0.25) is 0 Å². The first-order valence-corrected chi connectivity index (χ1v) is 17.5. The zero-order valence-corrected chi connectivity index (χ0v) is 30.4. The molecule has 9 nitrogen and oxygen atoms in total. The highest BCUT2D eigenvalue weighted by atomic mass is 35.5. The van der Waals surface area contributed by atoms with E-state index in [0.717, 1.165) is 24.3 Å². The molecule has 0 radical (unpaired) electrons. The Hall–Kier alpha value is -5.09. The number of carbonyl (C=O) groups is 4. The van der Waals surface area contributed by atoms with Crippen LogP contribution in [0.25, 0.3) is 6.08 Å². The van der Waals surface area contributed by atoms with E-state index in [4.69, 9.17) is 32.7 Å². The van der Waals surface area contributed by atoms with Crippen LogP contribution in [-0.4, -0.2) is 52.7 Å². The Morgan fingerprint density at radius 3 is 1.89 bits per heavy atom. The van der Waals surface area contributed by atoms with E-state index in [1.807, 2.05) is 0 Å². The average molecular weight is 828 g/mol. The van der Waals surface area contributed by atoms with Gasteiger partial charge in [-0.05, 0) is 78.9 Å². The number of halogens is 9. The van der Waals surface area contributed by atoms with Gasteiger partial charge in [-0.1, -0.05) is 23.8 Å². The summed E-state index contributed by atoms with van der Waals surface area (Å²) in [6.07, 6.45) is -7.02. The first-order valence-electron chi connectivity index (χ1n) is 16.7. The van der Waals surface area contributed by atoms with E-state index >= 15 is 0 Å². The maximum absolute atomic E-state index is 14.5. The fourth-order valence-corrected chi connectivity index (χ4v) is 9.08. The smallest absolute Gasteiger partial charge is 0.416 e. The molecule has 6 atom stereocenters. The van der Waals surface area contributed by atoms with Crippen LogP contribution >= 0.6 is 23.2 Å². The number of aromatic hydroxyl groups is 1. The monoisotopic (exact) mass is 826 g/mol. The molecule has 7 rings (SSSR count). The second kappa shape index (κ2) is 13.3. The highest BCUT2D eigenvalue weighted by Crippen LogP contribution is 2.64. The lowest BCUT2D eigenvalue weighted by molar-refractivity contribution is -0.143. The van der Waals surface area contributed by atoms with Crippen LogP contribution in [0, 0.1) is 29.5 Å². The Bertz CT molecular complexity index is 2200. The molecular formula is C38H27Cl2F7N2O7. The minimum atomic E-state index is -5.28. The molecule has 4 amide bonds. The van der Waals surface area contributed by atoms with E-state index in [9.17, 15) is 55.0 Å². The van der Waals surface area contributed by atoms with Gasteiger partial charge in [0.25, 0.3) is 11.8 Å². The van der Waals surface area contributed by atoms with Crippen LogP contribution in [0.15, 0.2) is 72.3 Å². The van der Waals surface area contributed by atoms with E-state index in [1.165, 1.54) is 44.6 Å². The first kappa shape index (κ1) is 39.2. The number of ether oxygens (including phenoxy) is 2. The van der Waals surface area contributed by atoms with Gasteiger partial charge in [0.1, 0.15) is 5.82 Å². The molecule has 2 aliphatic heterocycles. The van der Waals surface area contributed by atoms with Crippen molar-refractivity contribution in [2.75, 3.05) is 24.0 Å². The lowest BCUT2D eigenvalue weighted by atomic mass is 9.57. The predicted octanol–water partition coefficient (Wildman–Crippen LogP) is 7.90. The normalized spacial score (nSPS) is 27.7. The summed E-state index contributed by atoms with van der Waals surface area (Å²) in [5.74, 6) is -10.6. The van der Waals surface area contributed by atoms with Crippen LogP contribution in [0.5, 0.6) is 17.2 Å². The van der Waals surface area contributed by atoms with Crippen molar-refractivity contribution >= 4 is 64.3 Å². The van der Waals surface area contributed by atoms with E-state index in [0.29, 0.717) is 10.5 Å². The summed E-state index contributed by atoms with van der Waals surface area (Å²) in [5.41, 5.74) is -3.97. The lowest BCUT2D eigenvalue weighted by Gasteiger charge is -2.49. The van der Waals surface area contributed by atoms with Crippen molar-refractivity contribution in [1.82, 2.24) is 0 Å². The number of carbonyl (C=O) groups excluding carboxylic acids is 4. The molecule has 0 bridgehead atoms. The topological polar surface area (TPSA) is 113 Å². The Balaban J connectivity index is 1.37. The van der Waals surface area contributed by atoms with Gasteiger partial charge >= 0.3 is 12.4 Å². The molecule has 18 heteroatoms.